The summed E-state index contributed by atoms with van der Waals surface area (Å²) in [6, 6.07) is 20.9. The predicted octanol–water partition coefficient (Wildman–Crippen LogP) is 4.24. The summed E-state index contributed by atoms with van der Waals surface area (Å²) in [5.41, 5.74) is 1.10. The van der Waals surface area contributed by atoms with Crippen molar-refractivity contribution in [1.82, 2.24) is 4.90 Å². The number of cyclic esters (lactones) is 1. The number of amides is 1. The van der Waals surface area contributed by atoms with Gasteiger partial charge in [-0.2, -0.15) is 0 Å². The third kappa shape index (κ3) is 5.10. The number of rotatable bonds is 9. The maximum atomic E-state index is 12.6. The van der Waals surface area contributed by atoms with Crippen molar-refractivity contribution in [3.63, 3.8) is 0 Å². The number of methoxy groups -OCH3 is 1. The fourth-order valence-electron chi connectivity index (χ4n) is 4.69. The van der Waals surface area contributed by atoms with Crippen molar-refractivity contribution in [3.8, 4) is 0 Å². The van der Waals surface area contributed by atoms with Crippen LogP contribution >= 0.6 is 0 Å². The molecule has 0 atom stereocenters. The zero-order chi connectivity index (χ0) is 24.8. The molecule has 1 heterocycles. The van der Waals surface area contributed by atoms with Gasteiger partial charge in [0.05, 0.1) is 13.7 Å². The third-order valence-electron chi connectivity index (χ3n) is 6.31. The lowest BCUT2D eigenvalue weighted by Gasteiger charge is -2.43. The Balaban J connectivity index is 2.00. The van der Waals surface area contributed by atoms with E-state index in [4.69, 9.17) is 13.9 Å². The van der Waals surface area contributed by atoms with Gasteiger partial charge in [-0.3, -0.25) is 4.90 Å². The molecule has 0 N–H and O–H groups in total. The molecule has 34 heavy (non-hydrogen) atoms. The molecule has 1 aliphatic rings. The Morgan fingerprint density at radius 3 is 2.00 bits per heavy atom. The van der Waals surface area contributed by atoms with Crippen molar-refractivity contribution >= 4 is 30.8 Å². The molecule has 2 aromatic carbocycles. The van der Waals surface area contributed by atoms with E-state index >= 15 is 0 Å². The smallest absolute Gasteiger partial charge is 0.414 e. The fourth-order valence-corrected chi connectivity index (χ4v) is 9.25. The van der Waals surface area contributed by atoms with Gasteiger partial charge in [0.15, 0.2) is 0 Å². The molecule has 2 aromatic rings. The van der Waals surface area contributed by atoms with Crippen LogP contribution in [0, 0.1) is 0 Å². The van der Waals surface area contributed by atoms with Gasteiger partial charge in [0.25, 0.3) is 8.32 Å². The molecular weight excluding hydrogens is 446 g/mol. The number of benzene rings is 2. The van der Waals surface area contributed by atoms with Gasteiger partial charge in [-0.1, -0.05) is 88.4 Å². The van der Waals surface area contributed by atoms with Crippen LogP contribution in [0.15, 0.2) is 71.9 Å². The van der Waals surface area contributed by atoms with Crippen LogP contribution in [0.4, 0.5) is 4.79 Å². The second-order valence-electron chi connectivity index (χ2n) is 9.33. The van der Waals surface area contributed by atoms with Crippen LogP contribution in [0.2, 0.25) is 5.04 Å². The molecule has 7 heteroatoms. The van der Waals surface area contributed by atoms with Crippen LogP contribution in [-0.2, 0) is 18.7 Å². The number of carbonyl (C=O) groups is 2. The maximum absolute atomic E-state index is 12.6. The summed E-state index contributed by atoms with van der Waals surface area (Å²) in [6.45, 7) is 9.68. The number of esters is 1. The summed E-state index contributed by atoms with van der Waals surface area (Å²) in [5.74, 6) is -0.527. The molecule has 3 rings (SSSR count). The van der Waals surface area contributed by atoms with E-state index in [0.29, 0.717) is 26.0 Å². The van der Waals surface area contributed by atoms with Gasteiger partial charge in [0, 0.05) is 6.61 Å². The lowest BCUT2D eigenvalue weighted by molar-refractivity contribution is -0.137. The molecule has 0 unspecified atom stereocenters. The summed E-state index contributed by atoms with van der Waals surface area (Å²) < 4.78 is 17.1. The quantitative estimate of drug-likeness (QED) is 0.304. The Morgan fingerprint density at radius 2 is 1.59 bits per heavy atom. The molecule has 0 radical (unpaired) electrons. The Kier molecular flexibility index (Phi) is 8.33. The largest absolute Gasteiger partial charge is 0.464 e. The number of ether oxygens (including phenoxy) is 2. The topological polar surface area (TPSA) is 65.1 Å². The van der Waals surface area contributed by atoms with Gasteiger partial charge in [-0.05, 0) is 33.8 Å². The Bertz CT molecular complexity index is 975. The summed E-state index contributed by atoms with van der Waals surface area (Å²) >= 11 is 0. The molecule has 6 nitrogen and oxygen atoms in total. The summed E-state index contributed by atoms with van der Waals surface area (Å²) in [6.07, 6.45) is 0.590. The first-order valence-electron chi connectivity index (χ1n) is 11.8. The van der Waals surface area contributed by atoms with Crippen LogP contribution in [0.3, 0.4) is 0 Å². The van der Waals surface area contributed by atoms with Crippen molar-refractivity contribution in [2.24, 2.45) is 0 Å². The van der Waals surface area contributed by atoms with Crippen LogP contribution in [-0.4, -0.2) is 52.1 Å². The minimum absolute atomic E-state index is 0.143. The highest BCUT2D eigenvalue weighted by atomic mass is 28.4. The normalized spacial score (nSPS) is 15.1. The summed E-state index contributed by atoms with van der Waals surface area (Å²) in [5, 5.41) is 2.26. The molecule has 0 aliphatic carbocycles. The fraction of sp³-hybridized carbons (Fsp3) is 0.407. The molecule has 1 amide bonds. The van der Waals surface area contributed by atoms with Crippen LogP contribution in [0.5, 0.6) is 0 Å². The number of carbonyl (C=O) groups excluding carboxylic acids is 2. The zero-order valence-corrected chi connectivity index (χ0v) is 21.8. The van der Waals surface area contributed by atoms with E-state index in [1.807, 2.05) is 19.1 Å². The Labute approximate surface area is 203 Å². The third-order valence-corrected chi connectivity index (χ3v) is 11.4. The van der Waals surface area contributed by atoms with E-state index < -0.39 is 20.4 Å². The van der Waals surface area contributed by atoms with E-state index in [2.05, 4.69) is 69.3 Å². The highest BCUT2D eigenvalue weighted by Gasteiger charge is 2.50. The molecular formula is C27H35NO5Si. The van der Waals surface area contributed by atoms with Gasteiger partial charge < -0.3 is 13.9 Å². The second kappa shape index (κ2) is 11.0. The Morgan fingerprint density at radius 1 is 1.03 bits per heavy atom. The second-order valence-corrected chi connectivity index (χ2v) is 13.6. The zero-order valence-electron chi connectivity index (χ0n) is 20.8. The molecule has 1 fully saturated rings. The van der Waals surface area contributed by atoms with Crippen molar-refractivity contribution in [2.45, 2.75) is 45.6 Å². The average molecular weight is 482 g/mol. The first-order chi connectivity index (χ1) is 16.3. The lowest BCUT2D eigenvalue weighted by Crippen LogP contribution is -2.66. The number of nitrogens with zero attached hydrogens (tertiary/aromatic N) is 1. The molecule has 0 bridgehead atoms. The first-order valence-corrected chi connectivity index (χ1v) is 13.7. The minimum Gasteiger partial charge on any atom is -0.464 e. The maximum Gasteiger partial charge on any atom is 0.414 e. The molecule has 0 spiro atoms. The minimum atomic E-state index is -2.69. The molecule has 0 aromatic heterocycles. The standard InChI is InChI=1S/C27H35NO5Si/c1-6-21(24(25(29)31-5)28-18-20-32-26(28)30)17-19-33-34(27(2,3)4,22-13-9-7-10-14-22)23-15-11-8-12-16-23/h7-16H,6,17-20H2,1-5H3/b24-21-. The van der Waals surface area contributed by atoms with Crippen molar-refractivity contribution in [2.75, 3.05) is 26.9 Å². The van der Waals surface area contributed by atoms with Gasteiger partial charge in [0.1, 0.15) is 12.3 Å². The van der Waals surface area contributed by atoms with Gasteiger partial charge >= 0.3 is 12.1 Å². The highest BCUT2D eigenvalue weighted by Crippen LogP contribution is 2.37. The van der Waals surface area contributed by atoms with E-state index in [0.717, 1.165) is 5.57 Å². The van der Waals surface area contributed by atoms with E-state index in [9.17, 15) is 9.59 Å². The van der Waals surface area contributed by atoms with E-state index in [1.54, 1.807) is 0 Å². The first kappa shape index (κ1) is 25.7. The van der Waals surface area contributed by atoms with Crippen molar-refractivity contribution < 1.29 is 23.5 Å². The van der Waals surface area contributed by atoms with Crippen LogP contribution in [0.1, 0.15) is 40.5 Å². The highest BCUT2D eigenvalue weighted by molar-refractivity contribution is 6.99. The van der Waals surface area contributed by atoms with E-state index in [1.165, 1.54) is 22.4 Å². The van der Waals surface area contributed by atoms with Crippen LogP contribution in [0.25, 0.3) is 0 Å². The monoisotopic (exact) mass is 481 g/mol. The van der Waals surface area contributed by atoms with Crippen molar-refractivity contribution in [3.05, 3.63) is 71.9 Å². The molecule has 1 saturated heterocycles. The molecule has 182 valence electrons. The van der Waals surface area contributed by atoms with Gasteiger partial charge in [-0.25, -0.2) is 9.59 Å². The number of hydrogen-bond acceptors (Lipinski definition) is 5. The molecule has 1 aliphatic heterocycles. The summed E-state index contributed by atoms with van der Waals surface area (Å²) in [7, 11) is -1.36. The average Bonchev–Trinajstić information content (AvgIpc) is 3.26. The molecule has 0 saturated carbocycles. The summed E-state index contributed by atoms with van der Waals surface area (Å²) in [4.78, 5) is 26.3. The Hall–Kier alpha value is -2.90. The van der Waals surface area contributed by atoms with Gasteiger partial charge in [0.2, 0.25) is 0 Å². The predicted molar refractivity (Wildman–Crippen MR) is 136 cm³/mol. The van der Waals surface area contributed by atoms with Gasteiger partial charge in [-0.15, -0.1) is 0 Å². The number of hydrogen-bond donors (Lipinski definition) is 0. The SMILES string of the molecule is CC/C(CCO[Si](c1ccccc1)(c1ccccc1)C(C)(C)C)=C(\C(=O)OC)N1CCOC1=O. The van der Waals surface area contributed by atoms with Crippen LogP contribution < -0.4 is 10.4 Å². The van der Waals surface area contributed by atoms with Crippen molar-refractivity contribution in [1.29, 1.82) is 0 Å². The van der Waals surface area contributed by atoms with E-state index in [-0.39, 0.29) is 17.3 Å². The lowest BCUT2D eigenvalue weighted by atomic mass is 10.1.